The first-order valence-corrected chi connectivity index (χ1v) is 6.42. The van der Waals surface area contributed by atoms with Crippen molar-refractivity contribution in [3.05, 3.63) is 29.3 Å². The van der Waals surface area contributed by atoms with Crippen LogP contribution in [0.25, 0.3) is 0 Å². The summed E-state index contributed by atoms with van der Waals surface area (Å²) in [5.74, 6) is 5.30. The van der Waals surface area contributed by atoms with Gasteiger partial charge in [-0.1, -0.05) is 0 Å². The first kappa shape index (κ1) is 13.8. The topological polar surface area (TPSA) is 73.6 Å². The van der Waals surface area contributed by atoms with Gasteiger partial charge in [-0.15, -0.1) is 0 Å². The number of nitrogens with one attached hydrogen (secondary N) is 2. The van der Waals surface area contributed by atoms with E-state index in [1.54, 1.807) is 6.07 Å². The van der Waals surface area contributed by atoms with E-state index in [9.17, 15) is 4.79 Å². The third-order valence-corrected chi connectivity index (χ3v) is 3.41. The van der Waals surface area contributed by atoms with Gasteiger partial charge >= 0.3 is 0 Å². The largest absolute Gasteiger partial charge is 0.324 e. The van der Waals surface area contributed by atoms with Crippen molar-refractivity contribution in [2.45, 2.75) is 6.92 Å². The van der Waals surface area contributed by atoms with Crippen LogP contribution >= 0.6 is 0 Å². The third-order valence-electron chi connectivity index (χ3n) is 3.41. The summed E-state index contributed by atoms with van der Waals surface area (Å²) in [7, 11) is 2.08. The number of aryl methyl sites for hydroxylation is 1. The minimum absolute atomic E-state index is 0.0729. The number of anilines is 1. The van der Waals surface area contributed by atoms with Crippen LogP contribution in [-0.2, 0) is 0 Å². The van der Waals surface area contributed by atoms with Crippen molar-refractivity contribution >= 4 is 11.6 Å². The predicted molar refractivity (Wildman–Crippen MR) is 75.5 cm³/mol. The molecule has 1 aromatic carbocycles. The number of hydrazine groups is 2. The Morgan fingerprint density at radius 1 is 1.26 bits per heavy atom. The highest BCUT2D eigenvalue weighted by Gasteiger charge is 2.16. The molecule has 1 aromatic rings. The normalized spacial score (nSPS) is 17.2. The molecular weight excluding hydrogens is 242 g/mol. The average molecular weight is 263 g/mol. The molecule has 2 rings (SSSR count). The van der Waals surface area contributed by atoms with Crippen molar-refractivity contribution in [1.29, 1.82) is 0 Å². The molecule has 6 heteroatoms. The molecule has 1 fully saturated rings. The minimum Gasteiger partial charge on any atom is -0.324 e. The quantitative estimate of drug-likeness (QED) is 0.535. The van der Waals surface area contributed by atoms with E-state index in [2.05, 4.69) is 22.8 Å². The van der Waals surface area contributed by atoms with E-state index in [1.807, 2.05) is 24.1 Å². The first-order valence-electron chi connectivity index (χ1n) is 6.42. The van der Waals surface area contributed by atoms with Crippen molar-refractivity contribution in [3.8, 4) is 0 Å². The van der Waals surface area contributed by atoms with Crippen LogP contribution in [-0.4, -0.2) is 49.0 Å². The first-order chi connectivity index (χ1) is 9.10. The summed E-state index contributed by atoms with van der Waals surface area (Å²) in [5.41, 5.74) is 7.97. The van der Waals surface area contributed by atoms with Crippen LogP contribution in [0.3, 0.4) is 0 Å². The monoisotopic (exact) mass is 263 g/mol. The number of hydrogen-bond acceptors (Lipinski definition) is 5. The maximum atomic E-state index is 12.1. The van der Waals surface area contributed by atoms with Gasteiger partial charge in [0.2, 0.25) is 0 Å². The van der Waals surface area contributed by atoms with E-state index in [-0.39, 0.29) is 5.91 Å². The van der Waals surface area contributed by atoms with Gasteiger partial charge in [0.25, 0.3) is 5.91 Å². The lowest BCUT2D eigenvalue weighted by molar-refractivity contribution is 0.0662. The summed E-state index contributed by atoms with van der Waals surface area (Å²) in [6.07, 6.45) is 0. The molecule has 0 saturated carbocycles. The molecule has 104 valence electrons. The molecule has 1 aliphatic heterocycles. The van der Waals surface area contributed by atoms with Crippen molar-refractivity contribution in [2.75, 3.05) is 38.7 Å². The summed E-state index contributed by atoms with van der Waals surface area (Å²) in [6.45, 7) is 5.56. The zero-order valence-corrected chi connectivity index (χ0v) is 11.4. The highest BCUT2D eigenvalue weighted by molar-refractivity contribution is 5.94. The molecule has 0 aromatic heterocycles. The van der Waals surface area contributed by atoms with Gasteiger partial charge in [-0.2, -0.15) is 0 Å². The van der Waals surface area contributed by atoms with Gasteiger partial charge in [0.05, 0.1) is 5.69 Å². The van der Waals surface area contributed by atoms with Crippen LogP contribution in [0.4, 0.5) is 5.69 Å². The fourth-order valence-corrected chi connectivity index (χ4v) is 2.09. The molecular formula is C13H21N5O. The molecule has 0 spiro atoms. The molecule has 0 aliphatic carbocycles. The predicted octanol–water partition coefficient (Wildman–Crippen LogP) is 0.173. The molecule has 0 atom stereocenters. The average Bonchev–Trinajstić information content (AvgIpc) is 2.41. The van der Waals surface area contributed by atoms with Crippen LogP contribution in [0.2, 0.25) is 0 Å². The summed E-state index contributed by atoms with van der Waals surface area (Å²) in [4.78, 5) is 14.4. The lowest BCUT2D eigenvalue weighted by Gasteiger charge is -2.32. The van der Waals surface area contributed by atoms with Crippen molar-refractivity contribution in [1.82, 2.24) is 15.3 Å². The van der Waals surface area contributed by atoms with Crippen molar-refractivity contribution in [2.24, 2.45) is 5.84 Å². The number of likely N-dealkylation sites (N-methyl/N-ethyl adjacent to an activating group) is 1. The van der Waals surface area contributed by atoms with Crippen LogP contribution < -0.4 is 16.7 Å². The van der Waals surface area contributed by atoms with E-state index in [1.165, 1.54) is 0 Å². The van der Waals surface area contributed by atoms with Gasteiger partial charge in [-0.25, -0.2) is 5.01 Å². The number of hydrogen-bond donors (Lipinski definition) is 3. The maximum absolute atomic E-state index is 12.1. The highest BCUT2D eigenvalue weighted by atomic mass is 16.2. The standard InChI is InChI=1S/C13H21N5O/c1-10-9-11(3-4-12(10)15-14)13(19)16-18-7-5-17(2)6-8-18/h3-4,9,15H,5-8,14H2,1-2H3,(H,16,19). The lowest BCUT2D eigenvalue weighted by atomic mass is 10.1. The number of nitrogen functional groups attached to an aromatic ring is 1. The smallest absolute Gasteiger partial charge is 0.265 e. The number of amides is 1. The van der Waals surface area contributed by atoms with Gasteiger partial charge in [0.15, 0.2) is 0 Å². The van der Waals surface area contributed by atoms with Gasteiger partial charge in [0.1, 0.15) is 0 Å². The molecule has 1 aliphatic rings. The third kappa shape index (κ3) is 3.44. The summed E-state index contributed by atoms with van der Waals surface area (Å²) in [6, 6.07) is 5.42. The highest BCUT2D eigenvalue weighted by Crippen LogP contribution is 2.15. The Balaban J connectivity index is 1.98. The van der Waals surface area contributed by atoms with Gasteiger partial charge in [-0.05, 0) is 37.7 Å². The lowest BCUT2D eigenvalue weighted by Crippen LogP contribution is -2.52. The van der Waals surface area contributed by atoms with E-state index in [4.69, 9.17) is 5.84 Å². The molecule has 6 nitrogen and oxygen atoms in total. The van der Waals surface area contributed by atoms with Crippen molar-refractivity contribution in [3.63, 3.8) is 0 Å². The molecule has 1 heterocycles. The van der Waals surface area contributed by atoms with Crippen LogP contribution in [0.5, 0.6) is 0 Å². The van der Waals surface area contributed by atoms with Crippen LogP contribution in [0.15, 0.2) is 18.2 Å². The minimum atomic E-state index is -0.0729. The van der Waals surface area contributed by atoms with Gasteiger partial charge in [-0.3, -0.25) is 16.1 Å². The van der Waals surface area contributed by atoms with Crippen LogP contribution in [0, 0.1) is 6.92 Å². The molecule has 0 unspecified atom stereocenters. The number of nitrogens with zero attached hydrogens (tertiary/aromatic N) is 2. The van der Waals surface area contributed by atoms with E-state index >= 15 is 0 Å². The maximum Gasteiger partial charge on any atom is 0.265 e. The molecule has 0 radical (unpaired) electrons. The second-order valence-electron chi connectivity index (χ2n) is 4.91. The molecule has 1 amide bonds. The number of benzene rings is 1. The Morgan fingerprint density at radius 2 is 1.95 bits per heavy atom. The Bertz CT molecular complexity index is 454. The SMILES string of the molecule is Cc1cc(C(=O)NN2CCN(C)CC2)ccc1NN. The van der Waals surface area contributed by atoms with E-state index in [0.717, 1.165) is 37.4 Å². The van der Waals surface area contributed by atoms with Gasteiger partial charge < -0.3 is 10.3 Å². The second kappa shape index (κ2) is 6.01. The number of piperazine rings is 1. The zero-order valence-electron chi connectivity index (χ0n) is 11.4. The zero-order chi connectivity index (χ0) is 13.8. The molecule has 0 bridgehead atoms. The fraction of sp³-hybridized carbons (Fsp3) is 0.462. The molecule has 4 N–H and O–H groups in total. The Kier molecular flexibility index (Phi) is 4.36. The van der Waals surface area contributed by atoms with Gasteiger partial charge in [0, 0.05) is 31.7 Å². The Hall–Kier alpha value is -1.63. The summed E-state index contributed by atoms with van der Waals surface area (Å²) in [5, 5.41) is 1.97. The van der Waals surface area contributed by atoms with E-state index < -0.39 is 0 Å². The Morgan fingerprint density at radius 3 is 2.53 bits per heavy atom. The van der Waals surface area contributed by atoms with Crippen LogP contribution in [0.1, 0.15) is 15.9 Å². The summed E-state index contributed by atoms with van der Waals surface area (Å²) < 4.78 is 0. The number of nitrogens with two attached hydrogens (primary N) is 1. The number of carbonyl (C=O) groups is 1. The summed E-state index contributed by atoms with van der Waals surface area (Å²) >= 11 is 0. The Labute approximate surface area is 113 Å². The fourth-order valence-electron chi connectivity index (χ4n) is 2.09. The molecule has 1 saturated heterocycles. The number of rotatable bonds is 3. The molecule has 19 heavy (non-hydrogen) atoms. The number of carbonyl (C=O) groups excluding carboxylic acids is 1. The second-order valence-corrected chi connectivity index (χ2v) is 4.91. The van der Waals surface area contributed by atoms with E-state index in [0.29, 0.717) is 5.56 Å². The van der Waals surface area contributed by atoms with Crippen molar-refractivity contribution < 1.29 is 4.79 Å².